The minimum absolute atomic E-state index is 0.0314. The van der Waals surface area contributed by atoms with Crippen LogP contribution in [-0.4, -0.2) is 21.4 Å². The number of hydrazone groups is 1. The van der Waals surface area contributed by atoms with Gasteiger partial charge in [0.2, 0.25) is 0 Å². The highest BCUT2D eigenvalue weighted by Crippen LogP contribution is 2.35. The van der Waals surface area contributed by atoms with E-state index < -0.39 is 0 Å². The lowest BCUT2D eigenvalue weighted by Crippen LogP contribution is -2.31. The van der Waals surface area contributed by atoms with Crippen molar-refractivity contribution in [3.8, 4) is 5.69 Å². The van der Waals surface area contributed by atoms with Crippen molar-refractivity contribution in [1.29, 1.82) is 0 Å². The fourth-order valence-electron chi connectivity index (χ4n) is 3.58. The van der Waals surface area contributed by atoms with Gasteiger partial charge in [0.1, 0.15) is 7.05 Å². The molecule has 0 saturated heterocycles. The number of para-hydroxylation sites is 1. The third-order valence-corrected chi connectivity index (χ3v) is 5.01. The summed E-state index contributed by atoms with van der Waals surface area (Å²) in [6.07, 6.45) is 7.22. The van der Waals surface area contributed by atoms with E-state index in [0.29, 0.717) is 5.56 Å². The molecule has 0 spiro atoms. The van der Waals surface area contributed by atoms with Crippen LogP contribution in [0.15, 0.2) is 66.2 Å². The molecule has 0 aliphatic heterocycles. The Bertz CT molecular complexity index is 1030. The van der Waals surface area contributed by atoms with Gasteiger partial charge in [-0.3, -0.25) is 4.79 Å². The summed E-state index contributed by atoms with van der Waals surface area (Å²) in [5, 5.41) is 9.08. The van der Waals surface area contributed by atoms with Crippen LogP contribution >= 0.6 is 0 Å². The van der Waals surface area contributed by atoms with Gasteiger partial charge in [0.15, 0.2) is 12.4 Å². The van der Waals surface area contributed by atoms with Crippen molar-refractivity contribution in [3.05, 3.63) is 77.9 Å². The smallest absolute Gasteiger partial charge is 0.267 e. The first-order valence-corrected chi connectivity index (χ1v) is 9.38. The molecule has 1 N–H and O–H groups in total. The SMILES string of the molecule is C[n+]1ccc(C(=O)N/N=C2\CC(C)(C)Cc3c2cnn3-c2ccccc2)cc1. The summed E-state index contributed by atoms with van der Waals surface area (Å²) < 4.78 is 3.86. The number of pyridine rings is 1. The van der Waals surface area contributed by atoms with Crippen molar-refractivity contribution in [2.24, 2.45) is 17.6 Å². The zero-order valence-corrected chi connectivity index (χ0v) is 16.4. The number of rotatable bonds is 3. The average molecular weight is 374 g/mol. The van der Waals surface area contributed by atoms with Crippen molar-refractivity contribution >= 4 is 11.6 Å². The first kappa shape index (κ1) is 18.1. The van der Waals surface area contributed by atoms with E-state index in [9.17, 15) is 4.79 Å². The van der Waals surface area contributed by atoms with Gasteiger partial charge >= 0.3 is 0 Å². The van der Waals surface area contributed by atoms with Gasteiger partial charge in [0.25, 0.3) is 5.91 Å². The first-order valence-electron chi connectivity index (χ1n) is 9.38. The summed E-state index contributed by atoms with van der Waals surface area (Å²) >= 11 is 0. The number of nitrogens with zero attached hydrogens (tertiary/aromatic N) is 4. The zero-order chi connectivity index (χ0) is 19.7. The van der Waals surface area contributed by atoms with Gasteiger partial charge in [-0.25, -0.2) is 14.7 Å². The molecule has 3 aromatic rings. The molecule has 1 aliphatic rings. The monoisotopic (exact) mass is 374 g/mol. The molecule has 142 valence electrons. The lowest BCUT2D eigenvalue weighted by Gasteiger charge is -2.30. The van der Waals surface area contributed by atoms with Crippen LogP contribution in [0.2, 0.25) is 0 Å². The van der Waals surface area contributed by atoms with Gasteiger partial charge in [-0.1, -0.05) is 32.0 Å². The Labute approximate surface area is 164 Å². The molecule has 1 amide bonds. The second-order valence-corrected chi connectivity index (χ2v) is 8.02. The lowest BCUT2D eigenvalue weighted by atomic mass is 9.76. The molecule has 0 atom stereocenters. The number of fused-ring (bicyclic) bond motifs is 1. The normalized spacial score (nSPS) is 16.6. The first-order chi connectivity index (χ1) is 13.4. The van der Waals surface area contributed by atoms with Crippen molar-refractivity contribution in [1.82, 2.24) is 15.2 Å². The second kappa shape index (κ2) is 7.03. The second-order valence-electron chi connectivity index (χ2n) is 8.02. The summed E-state index contributed by atoms with van der Waals surface area (Å²) in [5.74, 6) is -0.214. The van der Waals surface area contributed by atoms with Gasteiger partial charge in [-0.15, -0.1) is 0 Å². The number of aryl methyl sites for hydroxylation is 1. The highest BCUT2D eigenvalue weighted by atomic mass is 16.2. The quantitative estimate of drug-likeness (QED) is 0.566. The van der Waals surface area contributed by atoms with Crippen LogP contribution in [0.1, 0.15) is 41.9 Å². The maximum absolute atomic E-state index is 12.5. The zero-order valence-electron chi connectivity index (χ0n) is 16.4. The van der Waals surface area contributed by atoms with Crippen molar-refractivity contribution in [3.63, 3.8) is 0 Å². The molecule has 28 heavy (non-hydrogen) atoms. The van der Waals surface area contributed by atoms with E-state index in [1.807, 2.05) is 65.2 Å². The Balaban J connectivity index is 1.65. The van der Waals surface area contributed by atoms with E-state index in [1.54, 1.807) is 12.1 Å². The molecule has 0 bridgehead atoms. The molecule has 6 heteroatoms. The molecular weight excluding hydrogens is 350 g/mol. The van der Waals surface area contributed by atoms with Crippen LogP contribution in [0.25, 0.3) is 5.69 Å². The average Bonchev–Trinajstić information content (AvgIpc) is 3.09. The molecule has 0 radical (unpaired) electrons. The van der Waals surface area contributed by atoms with Crippen LogP contribution in [0, 0.1) is 5.41 Å². The van der Waals surface area contributed by atoms with Gasteiger partial charge in [0.05, 0.1) is 28.9 Å². The lowest BCUT2D eigenvalue weighted by molar-refractivity contribution is -0.671. The molecule has 0 unspecified atom stereocenters. The standard InChI is InChI=1S/C22H23N5O/c1-22(2)13-19(24-25-21(28)16-9-11-26(3)12-10-16)18-15-23-27(20(18)14-22)17-7-5-4-6-8-17/h4-12,15H,13-14H2,1-3H3/p+1. The number of hydrogen-bond donors (Lipinski definition) is 1. The van der Waals surface area contributed by atoms with E-state index >= 15 is 0 Å². The number of carbonyl (C=O) groups is 1. The third kappa shape index (κ3) is 3.58. The predicted octanol–water partition coefficient (Wildman–Crippen LogP) is 2.80. The molecule has 6 nitrogen and oxygen atoms in total. The summed E-state index contributed by atoms with van der Waals surface area (Å²) in [6, 6.07) is 13.7. The third-order valence-electron chi connectivity index (χ3n) is 5.01. The Morgan fingerprint density at radius 1 is 1.14 bits per heavy atom. The molecule has 1 aliphatic carbocycles. The van der Waals surface area contributed by atoms with Crippen molar-refractivity contribution in [2.45, 2.75) is 26.7 Å². The Morgan fingerprint density at radius 2 is 1.86 bits per heavy atom. The van der Waals surface area contributed by atoms with Gasteiger partial charge in [0, 0.05) is 17.7 Å². The van der Waals surface area contributed by atoms with E-state index in [1.165, 1.54) is 0 Å². The number of amides is 1. The highest BCUT2D eigenvalue weighted by molar-refractivity contribution is 6.04. The number of benzene rings is 1. The summed E-state index contributed by atoms with van der Waals surface area (Å²) in [5.41, 5.74) is 7.35. The van der Waals surface area contributed by atoms with E-state index in [0.717, 1.165) is 35.5 Å². The van der Waals surface area contributed by atoms with Crippen LogP contribution < -0.4 is 9.99 Å². The van der Waals surface area contributed by atoms with Crippen LogP contribution in [0.4, 0.5) is 0 Å². The predicted molar refractivity (Wildman–Crippen MR) is 107 cm³/mol. The molecule has 2 heterocycles. The number of nitrogens with one attached hydrogen (secondary N) is 1. The van der Waals surface area contributed by atoms with Gasteiger partial charge in [-0.2, -0.15) is 10.2 Å². The Kier molecular flexibility index (Phi) is 4.55. The maximum Gasteiger partial charge on any atom is 0.271 e. The summed E-state index contributed by atoms with van der Waals surface area (Å²) in [4.78, 5) is 12.5. The molecule has 0 saturated carbocycles. The number of aromatic nitrogens is 3. The van der Waals surface area contributed by atoms with Gasteiger partial charge in [-0.05, 0) is 30.4 Å². The Hall–Kier alpha value is -3.28. The number of carbonyl (C=O) groups excluding carboxylic acids is 1. The van der Waals surface area contributed by atoms with Gasteiger partial charge < -0.3 is 0 Å². The minimum Gasteiger partial charge on any atom is -0.267 e. The van der Waals surface area contributed by atoms with Crippen LogP contribution in [0.3, 0.4) is 0 Å². The largest absolute Gasteiger partial charge is 0.271 e. The Morgan fingerprint density at radius 3 is 2.57 bits per heavy atom. The van der Waals surface area contributed by atoms with E-state index in [4.69, 9.17) is 0 Å². The molecule has 2 aromatic heterocycles. The van der Waals surface area contributed by atoms with Crippen LogP contribution in [-0.2, 0) is 13.5 Å². The topological polar surface area (TPSA) is 63.2 Å². The summed E-state index contributed by atoms with van der Waals surface area (Å²) in [7, 11) is 1.91. The minimum atomic E-state index is -0.214. The highest BCUT2D eigenvalue weighted by Gasteiger charge is 2.33. The summed E-state index contributed by atoms with van der Waals surface area (Å²) in [6.45, 7) is 4.43. The van der Waals surface area contributed by atoms with Crippen molar-refractivity contribution in [2.75, 3.05) is 0 Å². The van der Waals surface area contributed by atoms with E-state index in [-0.39, 0.29) is 11.3 Å². The van der Waals surface area contributed by atoms with Crippen LogP contribution in [0.5, 0.6) is 0 Å². The van der Waals surface area contributed by atoms with E-state index in [2.05, 4.69) is 29.5 Å². The molecule has 4 rings (SSSR count). The fourth-order valence-corrected chi connectivity index (χ4v) is 3.58. The van der Waals surface area contributed by atoms with Crippen molar-refractivity contribution < 1.29 is 9.36 Å². The molecular formula is C22H24N5O+. The number of hydrogen-bond acceptors (Lipinski definition) is 3. The maximum atomic E-state index is 12.5. The molecule has 1 aromatic carbocycles. The molecule has 0 fully saturated rings. The fraction of sp³-hybridized carbons (Fsp3) is 0.273.